The molecule has 0 aliphatic rings. The molecular weight excluding hydrogens is 761 g/mol. The number of benzene rings is 9. The third-order valence-electron chi connectivity index (χ3n) is 11.6. The van der Waals surface area contributed by atoms with E-state index in [0.717, 1.165) is 0 Å². The van der Waals surface area contributed by atoms with Gasteiger partial charge in [0.15, 0.2) is 0 Å². The summed E-state index contributed by atoms with van der Waals surface area (Å²) in [6.45, 7) is 0. The molecule has 0 saturated heterocycles. The van der Waals surface area contributed by atoms with Crippen LogP contribution in [0.4, 0.5) is 0 Å². The fraction of sp³-hybridized carbons (Fsp3) is 0. The summed E-state index contributed by atoms with van der Waals surface area (Å²) >= 11 is 3.71. The normalized spacial score (nSPS) is 11.3. The molecule has 0 spiro atoms. The van der Waals surface area contributed by atoms with Gasteiger partial charge < -0.3 is 0 Å². The molecule has 0 nitrogen and oxygen atoms in total. The monoisotopic (exact) mass is 798 g/mol. The van der Waals surface area contributed by atoms with E-state index in [0.29, 0.717) is 0 Å². The van der Waals surface area contributed by atoms with Gasteiger partial charge in [-0.15, -0.1) is 22.7 Å². The van der Waals surface area contributed by atoms with Gasteiger partial charge >= 0.3 is 0 Å². The molecule has 0 N–H and O–H groups in total. The lowest BCUT2D eigenvalue weighted by molar-refractivity contribution is 1.60. The minimum Gasteiger partial charge on any atom is -0.135 e. The largest absolute Gasteiger partial charge is 0.135 e. The van der Waals surface area contributed by atoms with Crippen LogP contribution >= 0.6 is 22.7 Å². The average Bonchev–Trinajstić information content (AvgIpc) is 4.04. The molecule has 60 heavy (non-hydrogen) atoms. The van der Waals surface area contributed by atoms with Gasteiger partial charge in [-0.05, 0) is 131 Å². The number of fused-ring (bicyclic) bond motifs is 2. The van der Waals surface area contributed by atoms with Crippen LogP contribution in [0.1, 0.15) is 0 Å². The van der Waals surface area contributed by atoms with Crippen molar-refractivity contribution in [3.63, 3.8) is 0 Å². The van der Waals surface area contributed by atoms with Crippen LogP contribution < -0.4 is 0 Å². The minimum atomic E-state index is 1.21. The van der Waals surface area contributed by atoms with Gasteiger partial charge in [0.25, 0.3) is 0 Å². The van der Waals surface area contributed by atoms with Gasteiger partial charge in [-0.3, -0.25) is 0 Å². The minimum absolute atomic E-state index is 1.21. The van der Waals surface area contributed by atoms with E-state index in [2.05, 4.69) is 231 Å². The predicted octanol–water partition coefficient (Wildman–Crippen LogP) is 17.5. The van der Waals surface area contributed by atoms with Crippen molar-refractivity contribution >= 4 is 44.2 Å². The molecule has 2 heterocycles. The summed E-state index contributed by atoms with van der Waals surface area (Å²) in [5.41, 5.74) is 14.7. The van der Waals surface area contributed by atoms with Gasteiger partial charge in [-0.2, -0.15) is 0 Å². The summed E-state index contributed by atoms with van der Waals surface area (Å²) in [4.78, 5) is 5.06. The highest BCUT2D eigenvalue weighted by atomic mass is 32.1. The van der Waals surface area contributed by atoms with Crippen molar-refractivity contribution in [1.82, 2.24) is 0 Å². The van der Waals surface area contributed by atoms with E-state index < -0.39 is 0 Å². The van der Waals surface area contributed by atoms with Crippen molar-refractivity contribution in [2.24, 2.45) is 0 Å². The molecule has 282 valence electrons. The first kappa shape index (κ1) is 36.0. The van der Waals surface area contributed by atoms with Gasteiger partial charge in [0.2, 0.25) is 0 Å². The second-order valence-corrected chi connectivity index (χ2v) is 17.4. The zero-order valence-electron chi connectivity index (χ0n) is 32.8. The third-order valence-corrected chi connectivity index (χ3v) is 13.9. The van der Waals surface area contributed by atoms with Crippen molar-refractivity contribution in [1.29, 1.82) is 0 Å². The zero-order chi connectivity index (χ0) is 39.8. The van der Waals surface area contributed by atoms with Crippen LogP contribution in [-0.2, 0) is 0 Å². The van der Waals surface area contributed by atoms with Crippen LogP contribution in [0.25, 0.3) is 108 Å². The standard InChI is InChI=1S/C58H38S2/c1-5-16-39(17-6-1)43-24-15-25-46(36-43)57-49-30-28-45(56-35-33-54(60-56)42-22-11-4-12-23-42)38-52(49)58(48-27-14-13-26-47(48)40-18-7-2-8-19-40)50-31-29-44(37-51(50)57)55-34-32-53(59-55)41-20-9-3-10-21-41/h1-38H. The van der Waals surface area contributed by atoms with E-state index in [9.17, 15) is 0 Å². The fourth-order valence-corrected chi connectivity index (χ4v) is 10.7. The summed E-state index contributed by atoms with van der Waals surface area (Å²) in [6.07, 6.45) is 0. The van der Waals surface area contributed by atoms with Crippen molar-refractivity contribution in [3.05, 3.63) is 231 Å². The maximum absolute atomic E-state index is 2.45. The van der Waals surface area contributed by atoms with Gasteiger partial charge in [0.1, 0.15) is 0 Å². The second-order valence-electron chi connectivity index (χ2n) is 15.2. The van der Waals surface area contributed by atoms with Gasteiger partial charge in [-0.1, -0.05) is 188 Å². The first-order valence-corrected chi connectivity index (χ1v) is 22.0. The molecule has 2 aromatic heterocycles. The maximum Gasteiger partial charge on any atom is 0.0349 e. The lowest BCUT2D eigenvalue weighted by Crippen LogP contribution is -1.94. The fourth-order valence-electron chi connectivity index (χ4n) is 8.69. The number of hydrogen-bond donors (Lipinski definition) is 0. The van der Waals surface area contributed by atoms with Crippen LogP contribution in [0.15, 0.2) is 231 Å². The Morgan fingerprint density at radius 1 is 0.200 bits per heavy atom. The lowest BCUT2D eigenvalue weighted by atomic mass is 9.82. The Morgan fingerprint density at radius 2 is 0.600 bits per heavy atom. The summed E-state index contributed by atoms with van der Waals surface area (Å²) in [7, 11) is 0. The Balaban J connectivity index is 1.21. The smallest absolute Gasteiger partial charge is 0.0349 e. The van der Waals surface area contributed by atoms with Crippen LogP contribution in [0, 0.1) is 0 Å². The molecule has 0 aliphatic heterocycles. The first-order chi connectivity index (χ1) is 29.7. The molecule has 11 rings (SSSR count). The molecule has 9 aromatic carbocycles. The highest BCUT2D eigenvalue weighted by molar-refractivity contribution is 7.19. The lowest BCUT2D eigenvalue weighted by Gasteiger charge is -2.21. The maximum atomic E-state index is 2.45. The summed E-state index contributed by atoms with van der Waals surface area (Å²) in [5.74, 6) is 0. The average molecular weight is 799 g/mol. The molecule has 2 heteroatoms. The molecule has 0 saturated carbocycles. The van der Waals surface area contributed by atoms with Crippen LogP contribution in [0.5, 0.6) is 0 Å². The molecule has 0 bridgehead atoms. The van der Waals surface area contributed by atoms with Gasteiger partial charge in [0, 0.05) is 19.5 Å². The predicted molar refractivity (Wildman–Crippen MR) is 261 cm³/mol. The second kappa shape index (κ2) is 15.6. The van der Waals surface area contributed by atoms with Crippen molar-refractivity contribution in [2.45, 2.75) is 0 Å². The molecule has 0 radical (unpaired) electrons. The summed E-state index contributed by atoms with van der Waals surface area (Å²) in [6, 6.07) is 84.5. The van der Waals surface area contributed by atoms with E-state index in [1.807, 2.05) is 22.7 Å². The number of rotatable bonds is 8. The highest BCUT2D eigenvalue weighted by Crippen LogP contribution is 2.49. The molecule has 0 atom stereocenters. The Bertz CT molecular complexity index is 3280. The van der Waals surface area contributed by atoms with E-state index in [4.69, 9.17) is 0 Å². The van der Waals surface area contributed by atoms with Crippen molar-refractivity contribution in [3.8, 4) is 86.3 Å². The van der Waals surface area contributed by atoms with Gasteiger partial charge in [0.05, 0.1) is 0 Å². The third kappa shape index (κ3) is 6.66. The Morgan fingerprint density at radius 3 is 1.15 bits per heavy atom. The number of thiophene rings is 2. The highest BCUT2D eigenvalue weighted by Gasteiger charge is 2.21. The Hall–Kier alpha value is -7.10. The van der Waals surface area contributed by atoms with E-state index in [1.165, 1.54) is 108 Å². The van der Waals surface area contributed by atoms with Crippen molar-refractivity contribution < 1.29 is 0 Å². The Kier molecular flexibility index (Phi) is 9.35. The molecule has 0 unspecified atom stereocenters. The SMILES string of the molecule is c1ccc(-c2cccc(-c3c4cc(-c5ccc(-c6ccccc6)s5)ccc4c(-c4ccccc4-c4ccccc4)c4cc(-c5ccc(-c6ccccc6)s5)ccc34)c2)cc1. The van der Waals surface area contributed by atoms with Gasteiger partial charge in [-0.25, -0.2) is 0 Å². The molecule has 0 aliphatic carbocycles. The number of hydrogen-bond acceptors (Lipinski definition) is 2. The first-order valence-electron chi connectivity index (χ1n) is 20.4. The molecular formula is C58H38S2. The zero-order valence-corrected chi connectivity index (χ0v) is 34.4. The quantitative estimate of drug-likeness (QED) is 0.134. The van der Waals surface area contributed by atoms with Crippen molar-refractivity contribution in [2.75, 3.05) is 0 Å². The topological polar surface area (TPSA) is 0 Å². The van der Waals surface area contributed by atoms with Crippen LogP contribution in [0.3, 0.4) is 0 Å². The molecule has 0 amide bonds. The van der Waals surface area contributed by atoms with E-state index in [-0.39, 0.29) is 0 Å². The molecule has 0 fully saturated rings. The van der Waals surface area contributed by atoms with Crippen LogP contribution in [-0.4, -0.2) is 0 Å². The summed E-state index contributed by atoms with van der Waals surface area (Å²) < 4.78 is 0. The Labute approximate surface area is 359 Å². The van der Waals surface area contributed by atoms with E-state index in [1.54, 1.807) is 0 Å². The van der Waals surface area contributed by atoms with E-state index >= 15 is 0 Å². The molecule has 11 aromatic rings. The van der Waals surface area contributed by atoms with Crippen LogP contribution in [0.2, 0.25) is 0 Å². The summed E-state index contributed by atoms with van der Waals surface area (Å²) in [5, 5.41) is 4.96.